The number of ketones is 1. The number of nitrogens with zero attached hydrogens (tertiary/aromatic N) is 1. The molecule has 6 nitrogen and oxygen atoms in total. The predicted molar refractivity (Wildman–Crippen MR) is 121 cm³/mol. The Kier molecular flexibility index (Phi) is 7.55. The number of amidine groups is 1. The maximum absolute atomic E-state index is 13.3. The van der Waals surface area contributed by atoms with E-state index in [1.54, 1.807) is 20.8 Å². The summed E-state index contributed by atoms with van der Waals surface area (Å²) in [6.45, 7) is 7.40. The number of benzene rings is 2. The van der Waals surface area contributed by atoms with Gasteiger partial charge in [-0.25, -0.2) is 8.42 Å². The van der Waals surface area contributed by atoms with E-state index in [1.807, 2.05) is 61.5 Å². The van der Waals surface area contributed by atoms with Crippen LogP contribution in [0.1, 0.15) is 56.8 Å². The Bertz CT molecular complexity index is 1010. The SMILES string of the molecule is CCC(=O)C(NC(C)=N)(c1ccccc1)c1cccc(C(C)N(CC)S(C)(=O)=O)c1. The lowest BCUT2D eigenvalue weighted by Crippen LogP contribution is -2.51. The van der Waals surface area contributed by atoms with Gasteiger partial charge in [0.15, 0.2) is 5.78 Å². The fraction of sp³-hybridized carbons (Fsp3) is 0.391. The van der Waals surface area contributed by atoms with E-state index < -0.39 is 21.6 Å². The van der Waals surface area contributed by atoms with Gasteiger partial charge in [0.1, 0.15) is 5.54 Å². The van der Waals surface area contributed by atoms with Crippen LogP contribution in [0, 0.1) is 5.41 Å². The van der Waals surface area contributed by atoms with Crippen LogP contribution in [-0.4, -0.2) is 37.1 Å². The smallest absolute Gasteiger partial charge is 0.211 e. The average molecular weight is 430 g/mol. The zero-order valence-corrected chi connectivity index (χ0v) is 19.1. The van der Waals surface area contributed by atoms with Crippen molar-refractivity contribution in [2.45, 2.75) is 45.7 Å². The first-order valence-corrected chi connectivity index (χ1v) is 11.9. The first-order chi connectivity index (χ1) is 14.1. The van der Waals surface area contributed by atoms with Gasteiger partial charge in [-0.15, -0.1) is 0 Å². The molecule has 2 aromatic rings. The van der Waals surface area contributed by atoms with E-state index in [2.05, 4.69) is 5.32 Å². The lowest BCUT2D eigenvalue weighted by molar-refractivity contribution is -0.123. The van der Waals surface area contributed by atoms with Crippen molar-refractivity contribution in [1.29, 1.82) is 5.41 Å². The third-order valence-corrected chi connectivity index (χ3v) is 6.72. The molecule has 2 atom stereocenters. The van der Waals surface area contributed by atoms with Crippen LogP contribution in [-0.2, 0) is 20.4 Å². The van der Waals surface area contributed by atoms with Crippen LogP contribution < -0.4 is 5.32 Å². The Labute approximate surface area is 179 Å². The van der Waals surface area contributed by atoms with Crippen molar-refractivity contribution in [3.05, 3.63) is 71.3 Å². The van der Waals surface area contributed by atoms with Gasteiger partial charge in [-0.05, 0) is 30.5 Å². The highest BCUT2D eigenvalue weighted by Gasteiger charge is 2.41. The van der Waals surface area contributed by atoms with Gasteiger partial charge in [0.2, 0.25) is 10.0 Å². The molecular formula is C23H31N3O3S. The highest BCUT2D eigenvalue weighted by Crippen LogP contribution is 2.34. The molecule has 7 heteroatoms. The van der Waals surface area contributed by atoms with E-state index in [9.17, 15) is 13.2 Å². The van der Waals surface area contributed by atoms with Crippen LogP contribution in [0.3, 0.4) is 0 Å². The quantitative estimate of drug-likeness (QED) is 0.468. The second-order valence-electron chi connectivity index (χ2n) is 7.41. The van der Waals surface area contributed by atoms with Crippen molar-refractivity contribution in [2.24, 2.45) is 0 Å². The monoisotopic (exact) mass is 429 g/mol. The number of Topliss-reactive ketones (excluding diaryl/α,β-unsaturated/α-hetero) is 1. The molecule has 0 aliphatic rings. The van der Waals surface area contributed by atoms with E-state index in [1.165, 1.54) is 10.6 Å². The van der Waals surface area contributed by atoms with E-state index in [-0.39, 0.29) is 18.0 Å². The van der Waals surface area contributed by atoms with Crippen molar-refractivity contribution >= 4 is 21.6 Å². The Morgan fingerprint density at radius 2 is 1.70 bits per heavy atom. The van der Waals surface area contributed by atoms with E-state index >= 15 is 0 Å². The molecule has 0 aliphatic carbocycles. The van der Waals surface area contributed by atoms with Crippen molar-refractivity contribution in [3.63, 3.8) is 0 Å². The van der Waals surface area contributed by atoms with E-state index in [4.69, 9.17) is 5.41 Å². The third-order valence-electron chi connectivity index (χ3n) is 5.29. The lowest BCUT2D eigenvalue weighted by atomic mass is 9.77. The van der Waals surface area contributed by atoms with Crippen molar-refractivity contribution in [3.8, 4) is 0 Å². The maximum atomic E-state index is 13.3. The molecule has 0 heterocycles. The molecule has 0 radical (unpaired) electrons. The summed E-state index contributed by atoms with van der Waals surface area (Å²) in [5.41, 5.74) is 0.984. The molecule has 162 valence electrons. The fourth-order valence-corrected chi connectivity index (χ4v) is 5.10. The van der Waals surface area contributed by atoms with Crippen LogP contribution in [0.2, 0.25) is 0 Å². The summed E-state index contributed by atoms with van der Waals surface area (Å²) in [5, 5.41) is 11.2. The number of hydrogen-bond donors (Lipinski definition) is 2. The molecule has 2 unspecified atom stereocenters. The van der Waals surface area contributed by atoms with Crippen molar-refractivity contribution < 1.29 is 13.2 Å². The van der Waals surface area contributed by atoms with Crippen LogP contribution in [0.4, 0.5) is 0 Å². The molecular weight excluding hydrogens is 398 g/mol. The lowest BCUT2D eigenvalue weighted by Gasteiger charge is -2.36. The summed E-state index contributed by atoms with van der Waals surface area (Å²) in [7, 11) is -3.39. The Hall–Kier alpha value is -2.51. The van der Waals surface area contributed by atoms with Gasteiger partial charge in [0.05, 0.1) is 12.1 Å². The van der Waals surface area contributed by atoms with Gasteiger partial charge >= 0.3 is 0 Å². The van der Waals surface area contributed by atoms with Gasteiger partial charge < -0.3 is 5.32 Å². The second kappa shape index (κ2) is 9.53. The molecule has 0 aromatic heterocycles. The fourth-order valence-electron chi connectivity index (χ4n) is 3.93. The highest BCUT2D eigenvalue weighted by molar-refractivity contribution is 7.88. The standard InChI is InChI=1S/C23H31N3O3S/c1-6-22(27)23(25-18(4)24,20-13-9-8-10-14-20)21-15-11-12-19(16-21)17(3)26(7-2)30(5,28)29/h8-17H,6-7H2,1-5H3,(H2,24,25). The van der Waals surface area contributed by atoms with Crippen molar-refractivity contribution in [2.75, 3.05) is 12.8 Å². The van der Waals surface area contributed by atoms with Crippen LogP contribution >= 0.6 is 0 Å². The predicted octanol–water partition coefficient (Wildman–Crippen LogP) is 3.84. The first kappa shape index (κ1) is 23.8. The molecule has 0 saturated heterocycles. The second-order valence-corrected chi connectivity index (χ2v) is 9.35. The number of rotatable bonds is 9. The van der Waals surface area contributed by atoms with E-state index in [0.29, 0.717) is 12.1 Å². The summed E-state index contributed by atoms with van der Waals surface area (Å²) < 4.78 is 25.8. The van der Waals surface area contributed by atoms with Crippen LogP contribution in [0.25, 0.3) is 0 Å². The summed E-state index contributed by atoms with van der Waals surface area (Å²) in [6, 6.07) is 16.4. The molecule has 0 saturated carbocycles. The van der Waals surface area contributed by atoms with Gasteiger partial charge in [-0.2, -0.15) is 4.31 Å². The molecule has 0 aliphatic heterocycles. The molecule has 2 aromatic carbocycles. The third kappa shape index (κ3) is 4.79. The van der Waals surface area contributed by atoms with Crippen LogP contribution in [0.5, 0.6) is 0 Å². The molecule has 2 rings (SSSR count). The summed E-state index contributed by atoms with van der Waals surface area (Å²) in [4.78, 5) is 13.3. The van der Waals surface area contributed by atoms with Gasteiger partial charge in [0, 0.05) is 19.0 Å². The Morgan fingerprint density at radius 1 is 1.10 bits per heavy atom. The first-order valence-electron chi connectivity index (χ1n) is 10.1. The minimum Gasteiger partial charge on any atom is -0.355 e. The van der Waals surface area contributed by atoms with Crippen molar-refractivity contribution in [1.82, 2.24) is 9.62 Å². The van der Waals surface area contributed by atoms with Crippen LogP contribution in [0.15, 0.2) is 54.6 Å². The largest absolute Gasteiger partial charge is 0.355 e. The maximum Gasteiger partial charge on any atom is 0.211 e. The topological polar surface area (TPSA) is 90.3 Å². The summed E-state index contributed by atoms with van der Waals surface area (Å²) in [5.74, 6) is 0.103. The number of carbonyl (C=O) groups is 1. The molecule has 0 bridgehead atoms. The molecule has 0 amide bonds. The Morgan fingerprint density at radius 3 is 2.20 bits per heavy atom. The Balaban J connectivity index is 2.73. The van der Waals surface area contributed by atoms with Gasteiger partial charge in [-0.1, -0.05) is 68.4 Å². The molecule has 30 heavy (non-hydrogen) atoms. The number of carbonyl (C=O) groups excluding carboxylic acids is 1. The highest BCUT2D eigenvalue weighted by atomic mass is 32.2. The normalized spacial score (nSPS) is 14.7. The molecule has 0 spiro atoms. The minimum atomic E-state index is -3.39. The zero-order chi connectivity index (χ0) is 22.5. The van der Waals surface area contributed by atoms with Gasteiger partial charge in [0.25, 0.3) is 0 Å². The number of sulfonamides is 1. The molecule has 2 N–H and O–H groups in total. The van der Waals surface area contributed by atoms with Gasteiger partial charge in [-0.3, -0.25) is 10.2 Å². The molecule has 0 fully saturated rings. The summed E-state index contributed by atoms with van der Waals surface area (Å²) >= 11 is 0. The zero-order valence-electron chi connectivity index (χ0n) is 18.3. The summed E-state index contributed by atoms with van der Waals surface area (Å²) in [6.07, 6.45) is 1.48. The number of nitrogens with one attached hydrogen (secondary N) is 2. The number of hydrogen-bond acceptors (Lipinski definition) is 4. The van der Waals surface area contributed by atoms with E-state index in [0.717, 1.165) is 11.1 Å². The minimum absolute atomic E-state index is 0.0689. The average Bonchev–Trinajstić information content (AvgIpc) is 2.71.